The highest BCUT2D eigenvalue weighted by molar-refractivity contribution is 7.47. The van der Waals surface area contributed by atoms with Gasteiger partial charge in [-0.15, -0.1) is 0 Å². The lowest BCUT2D eigenvalue weighted by molar-refractivity contribution is -0.161. The van der Waals surface area contributed by atoms with E-state index in [4.69, 9.17) is 23.6 Å². The Labute approximate surface area is 348 Å². The van der Waals surface area contributed by atoms with Crippen LogP contribution in [0.5, 0.6) is 0 Å². The van der Waals surface area contributed by atoms with Gasteiger partial charge in [-0.1, -0.05) is 167 Å². The first-order valence-electron chi connectivity index (χ1n) is 23.3. The lowest BCUT2D eigenvalue weighted by atomic mass is 10.0. The van der Waals surface area contributed by atoms with Crippen LogP contribution in [0.1, 0.15) is 219 Å². The summed E-state index contributed by atoms with van der Waals surface area (Å²) >= 11 is 0. The highest BCUT2D eigenvalue weighted by Gasteiger charge is 2.27. The quantitative estimate of drug-likeness (QED) is 0.0234. The zero-order chi connectivity index (χ0) is 41.9. The van der Waals surface area contributed by atoms with Crippen LogP contribution in [0.3, 0.4) is 0 Å². The number of ether oxygens (including phenoxy) is 2. The van der Waals surface area contributed by atoms with Gasteiger partial charge in [-0.2, -0.15) is 0 Å². The van der Waals surface area contributed by atoms with Crippen molar-refractivity contribution in [1.82, 2.24) is 0 Å². The number of aliphatic hydroxyl groups is 2. The Hall–Kier alpha value is -1.55. The summed E-state index contributed by atoms with van der Waals surface area (Å²) in [6.07, 6.45) is 42.9. The normalized spacial score (nSPS) is 14.0. The number of unbranched alkanes of at least 4 members (excludes halogenated alkanes) is 26. The number of carbonyl (C=O) groups excluding carboxylic acids is 2. The second kappa shape index (κ2) is 42.6. The molecule has 0 fully saturated rings. The SMILES string of the molecule is CCCCCCCC/C=C/CCCCCCCCCCCCCC(=O)O[C@H](COC(=O)CCCCC/C=C/CCCCCCCC)COP(=O)(O)OC[C@@H](O)CO. The van der Waals surface area contributed by atoms with Gasteiger partial charge < -0.3 is 24.6 Å². The summed E-state index contributed by atoms with van der Waals surface area (Å²) in [5, 5.41) is 18.3. The fourth-order valence-electron chi connectivity index (χ4n) is 6.45. The Morgan fingerprint density at radius 1 is 0.509 bits per heavy atom. The average Bonchev–Trinajstić information content (AvgIpc) is 3.20. The largest absolute Gasteiger partial charge is 0.472 e. The smallest absolute Gasteiger partial charge is 0.462 e. The maximum atomic E-state index is 12.6. The van der Waals surface area contributed by atoms with Gasteiger partial charge in [0.25, 0.3) is 0 Å². The first-order chi connectivity index (χ1) is 27.7. The van der Waals surface area contributed by atoms with E-state index in [0.717, 1.165) is 44.9 Å². The van der Waals surface area contributed by atoms with Crippen LogP contribution in [0.15, 0.2) is 24.3 Å². The minimum absolute atomic E-state index is 0.183. The Kier molecular flexibility index (Phi) is 41.4. The molecule has 0 rings (SSSR count). The van der Waals surface area contributed by atoms with Gasteiger partial charge in [0.2, 0.25) is 0 Å². The number of rotatable bonds is 44. The molecule has 0 aromatic heterocycles. The van der Waals surface area contributed by atoms with Crippen molar-refractivity contribution in [2.45, 2.75) is 232 Å². The van der Waals surface area contributed by atoms with Gasteiger partial charge in [0, 0.05) is 12.8 Å². The third-order valence-electron chi connectivity index (χ3n) is 10.1. The van der Waals surface area contributed by atoms with E-state index in [2.05, 4.69) is 38.2 Å². The second-order valence-corrected chi connectivity index (χ2v) is 17.2. The van der Waals surface area contributed by atoms with Gasteiger partial charge in [-0.25, -0.2) is 4.57 Å². The van der Waals surface area contributed by atoms with E-state index < -0.39 is 51.8 Å². The molecule has 3 N–H and O–H groups in total. The predicted molar refractivity (Wildman–Crippen MR) is 233 cm³/mol. The summed E-state index contributed by atoms with van der Waals surface area (Å²) in [5.74, 6) is -0.937. The van der Waals surface area contributed by atoms with Crippen molar-refractivity contribution in [3.05, 3.63) is 24.3 Å². The van der Waals surface area contributed by atoms with E-state index >= 15 is 0 Å². The first kappa shape index (κ1) is 55.5. The number of allylic oxidation sites excluding steroid dienone is 4. The molecular weight excluding hydrogens is 743 g/mol. The van der Waals surface area contributed by atoms with Crippen LogP contribution in [-0.4, -0.2) is 65.7 Å². The standard InChI is InChI=1S/C46H87O10P/c1-3-5-7-9-11-13-15-17-18-19-20-21-22-23-24-26-28-30-32-34-36-38-46(50)56-44(42-55-57(51,52)54-40-43(48)39-47)41-53-45(49)37-35-33-31-29-27-25-16-14-12-10-8-6-4-2/h17-18,25,27,43-44,47-48H,3-16,19-24,26,28-42H2,1-2H3,(H,51,52)/b18-17+,27-25+/t43-,44+/m0/s1. The summed E-state index contributed by atoms with van der Waals surface area (Å²) in [4.78, 5) is 35.0. The Morgan fingerprint density at radius 3 is 1.28 bits per heavy atom. The Bertz CT molecular complexity index is 1000. The van der Waals surface area contributed by atoms with E-state index in [9.17, 15) is 24.2 Å². The molecule has 57 heavy (non-hydrogen) atoms. The van der Waals surface area contributed by atoms with E-state index in [1.54, 1.807) is 0 Å². The maximum Gasteiger partial charge on any atom is 0.472 e. The zero-order valence-corrected chi connectivity index (χ0v) is 37.5. The van der Waals surface area contributed by atoms with Crippen molar-refractivity contribution in [3.8, 4) is 0 Å². The molecular formula is C46H87O10P. The second-order valence-electron chi connectivity index (χ2n) is 15.8. The van der Waals surface area contributed by atoms with E-state index in [1.165, 1.54) is 135 Å². The highest BCUT2D eigenvalue weighted by Crippen LogP contribution is 2.43. The van der Waals surface area contributed by atoms with Crippen molar-refractivity contribution in [2.75, 3.05) is 26.4 Å². The van der Waals surface area contributed by atoms with E-state index in [1.807, 2.05) is 0 Å². The molecule has 10 nitrogen and oxygen atoms in total. The summed E-state index contributed by atoms with van der Waals surface area (Å²) < 4.78 is 32.7. The minimum atomic E-state index is -4.62. The summed E-state index contributed by atoms with van der Waals surface area (Å²) in [6, 6.07) is 0. The Balaban J connectivity index is 4.21. The Morgan fingerprint density at radius 2 is 0.860 bits per heavy atom. The minimum Gasteiger partial charge on any atom is -0.462 e. The lowest BCUT2D eigenvalue weighted by Gasteiger charge is -2.20. The van der Waals surface area contributed by atoms with Gasteiger partial charge in [-0.05, 0) is 64.2 Å². The number of esters is 2. The number of phosphoric acid groups is 1. The lowest BCUT2D eigenvalue weighted by Crippen LogP contribution is -2.29. The zero-order valence-electron chi connectivity index (χ0n) is 36.6. The molecule has 0 heterocycles. The molecule has 0 aliphatic rings. The van der Waals surface area contributed by atoms with Gasteiger partial charge in [0.05, 0.1) is 19.8 Å². The van der Waals surface area contributed by atoms with Crippen LogP contribution >= 0.6 is 7.82 Å². The molecule has 0 aliphatic heterocycles. The molecule has 3 atom stereocenters. The van der Waals surface area contributed by atoms with Gasteiger partial charge in [0.15, 0.2) is 6.10 Å². The topological polar surface area (TPSA) is 149 Å². The van der Waals surface area contributed by atoms with Crippen molar-refractivity contribution < 1.29 is 47.8 Å². The van der Waals surface area contributed by atoms with Gasteiger partial charge >= 0.3 is 19.8 Å². The first-order valence-corrected chi connectivity index (χ1v) is 24.8. The van der Waals surface area contributed by atoms with Crippen LogP contribution in [0.2, 0.25) is 0 Å². The van der Waals surface area contributed by atoms with Crippen molar-refractivity contribution >= 4 is 19.8 Å². The maximum absolute atomic E-state index is 12.6. The third-order valence-corrected chi connectivity index (χ3v) is 11.0. The molecule has 1 unspecified atom stereocenters. The number of aliphatic hydroxyl groups excluding tert-OH is 2. The molecule has 0 aromatic rings. The molecule has 0 aliphatic carbocycles. The molecule has 0 saturated heterocycles. The van der Waals surface area contributed by atoms with Gasteiger partial charge in [-0.3, -0.25) is 18.6 Å². The summed E-state index contributed by atoms with van der Waals surface area (Å²) in [7, 11) is -4.62. The third kappa shape index (κ3) is 42.4. The van der Waals surface area contributed by atoms with E-state index in [-0.39, 0.29) is 19.4 Å². The molecule has 0 amide bonds. The molecule has 0 aromatic carbocycles. The van der Waals surface area contributed by atoms with Gasteiger partial charge in [0.1, 0.15) is 12.7 Å². The monoisotopic (exact) mass is 831 g/mol. The van der Waals surface area contributed by atoms with Crippen LogP contribution in [0.25, 0.3) is 0 Å². The highest BCUT2D eigenvalue weighted by atomic mass is 31.2. The number of hydrogen-bond acceptors (Lipinski definition) is 9. The fourth-order valence-corrected chi connectivity index (χ4v) is 7.24. The molecule has 0 spiro atoms. The van der Waals surface area contributed by atoms with Crippen LogP contribution in [-0.2, 0) is 32.7 Å². The van der Waals surface area contributed by atoms with Crippen molar-refractivity contribution in [1.29, 1.82) is 0 Å². The predicted octanol–water partition coefficient (Wildman–Crippen LogP) is 12.6. The van der Waals surface area contributed by atoms with Crippen LogP contribution in [0.4, 0.5) is 0 Å². The van der Waals surface area contributed by atoms with E-state index in [0.29, 0.717) is 12.8 Å². The summed E-state index contributed by atoms with van der Waals surface area (Å²) in [6.45, 7) is 2.37. The summed E-state index contributed by atoms with van der Waals surface area (Å²) in [5.41, 5.74) is 0. The molecule has 11 heteroatoms. The van der Waals surface area contributed by atoms with Crippen molar-refractivity contribution in [3.63, 3.8) is 0 Å². The average molecular weight is 831 g/mol. The molecule has 336 valence electrons. The molecule has 0 radical (unpaired) electrons. The number of phosphoric ester groups is 1. The number of carbonyl (C=O) groups is 2. The molecule has 0 bridgehead atoms. The van der Waals surface area contributed by atoms with Crippen molar-refractivity contribution in [2.24, 2.45) is 0 Å². The van der Waals surface area contributed by atoms with Crippen LogP contribution in [0, 0.1) is 0 Å². The van der Waals surface area contributed by atoms with Crippen LogP contribution < -0.4 is 0 Å². The number of hydrogen-bond donors (Lipinski definition) is 3. The molecule has 0 saturated carbocycles. The fraction of sp³-hybridized carbons (Fsp3) is 0.870.